The van der Waals surface area contributed by atoms with Crippen LogP contribution in [0.15, 0.2) is 48.5 Å². The number of amides is 1. The summed E-state index contributed by atoms with van der Waals surface area (Å²) >= 11 is 0. The third kappa shape index (κ3) is 4.68. The third-order valence-electron chi connectivity index (χ3n) is 3.78. The van der Waals surface area contributed by atoms with Crippen LogP contribution in [-0.4, -0.2) is 28.9 Å². The molecule has 0 saturated carbocycles. The highest BCUT2D eigenvalue weighted by molar-refractivity contribution is 5.89. The van der Waals surface area contributed by atoms with Gasteiger partial charge in [-0.25, -0.2) is 4.79 Å². The van der Waals surface area contributed by atoms with Crippen molar-refractivity contribution in [2.24, 2.45) is 0 Å². The number of aromatic carboxylic acids is 1. The van der Waals surface area contributed by atoms with Gasteiger partial charge in [0.15, 0.2) is 0 Å². The molecular formula is C19H21NO3. The third-order valence-corrected chi connectivity index (χ3v) is 3.78. The van der Waals surface area contributed by atoms with Crippen molar-refractivity contribution in [1.82, 2.24) is 4.90 Å². The summed E-state index contributed by atoms with van der Waals surface area (Å²) in [5.74, 6) is -0.951. The molecule has 120 valence electrons. The van der Waals surface area contributed by atoms with Gasteiger partial charge in [-0.2, -0.15) is 0 Å². The van der Waals surface area contributed by atoms with Gasteiger partial charge in [-0.3, -0.25) is 4.79 Å². The number of hydrogen-bond donors (Lipinski definition) is 1. The van der Waals surface area contributed by atoms with E-state index in [9.17, 15) is 9.59 Å². The Morgan fingerprint density at radius 2 is 1.83 bits per heavy atom. The molecular weight excluding hydrogens is 290 g/mol. The van der Waals surface area contributed by atoms with Crippen molar-refractivity contribution >= 4 is 11.9 Å². The molecule has 0 spiro atoms. The Bertz CT molecular complexity index is 709. The number of carbonyl (C=O) groups excluding carboxylic acids is 1. The molecule has 2 aromatic rings. The summed E-state index contributed by atoms with van der Waals surface area (Å²) in [7, 11) is 1.77. The van der Waals surface area contributed by atoms with Crippen molar-refractivity contribution in [1.29, 1.82) is 0 Å². The maximum atomic E-state index is 12.3. The highest BCUT2D eigenvalue weighted by Crippen LogP contribution is 2.13. The van der Waals surface area contributed by atoms with Gasteiger partial charge < -0.3 is 10.0 Å². The molecule has 0 aliphatic carbocycles. The topological polar surface area (TPSA) is 57.6 Å². The molecule has 0 aliphatic rings. The van der Waals surface area contributed by atoms with Crippen molar-refractivity contribution in [2.75, 3.05) is 7.05 Å². The van der Waals surface area contributed by atoms with Crippen LogP contribution in [0.4, 0.5) is 0 Å². The predicted molar refractivity (Wildman–Crippen MR) is 89.4 cm³/mol. The molecule has 0 unspecified atom stereocenters. The molecule has 0 radical (unpaired) electrons. The number of carboxylic acid groups (broad SMARTS) is 1. The quantitative estimate of drug-likeness (QED) is 0.890. The molecule has 0 fully saturated rings. The smallest absolute Gasteiger partial charge is 0.335 e. The first-order chi connectivity index (χ1) is 11.0. The summed E-state index contributed by atoms with van der Waals surface area (Å²) < 4.78 is 0. The van der Waals surface area contributed by atoms with Gasteiger partial charge in [-0.1, -0.05) is 48.0 Å². The highest BCUT2D eigenvalue weighted by Gasteiger charge is 2.13. The Hall–Kier alpha value is -2.62. The molecule has 0 atom stereocenters. The summed E-state index contributed by atoms with van der Waals surface area (Å²) in [6.45, 7) is 2.58. The molecule has 4 heteroatoms. The second-order valence-electron chi connectivity index (χ2n) is 5.70. The van der Waals surface area contributed by atoms with Crippen molar-refractivity contribution in [3.05, 3.63) is 70.8 Å². The van der Waals surface area contributed by atoms with Gasteiger partial charge in [0.25, 0.3) is 0 Å². The van der Waals surface area contributed by atoms with E-state index in [2.05, 4.69) is 6.07 Å². The summed E-state index contributed by atoms with van der Waals surface area (Å²) in [6.07, 6.45) is 0.728. The lowest BCUT2D eigenvalue weighted by molar-refractivity contribution is -0.130. The van der Waals surface area contributed by atoms with E-state index in [-0.39, 0.29) is 11.5 Å². The first kappa shape index (κ1) is 16.7. The van der Waals surface area contributed by atoms with E-state index in [1.54, 1.807) is 36.2 Å². The zero-order valence-corrected chi connectivity index (χ0v) is 13.5. The van der Waals surface area contributed by atoms with E-state index >= 15 is 0 Å². The lowest BCUT2D eigenvalue weighted by atomic mass is 10.0. The minimum absolute atomic E-state index is 0.00620. The molecule has 23 heavy (non-hydrogen) atoms. The van der Waals surface area contributed by atoms with Gasteiger partial charge in [0, 0.05) is 20.0 Å². The van der Waals surface area contributed by atoms with Crippen LogP contribution in [0.3, 0.4) is 0 Å². The fourth-order valence-electron chi connectivity index (χ4n) is 2.55. The number of carboxylic acids is 1. The van der Waals surface area contributed by atoms with Crippen molar-refractivity contribution < 1.29 is 14.7 Å². The van der Waals surface area contributed by atoms with Gasteiger partial charge >= 0.3 is 5.97 Å². The number of nitrogens with zero attached hydrogens (tertiary/aromatic N) is 1. The Balaban J connectivity index is 1.95. The van der Waals surface area contributed by atoms with E-state index in [0.717, 1.165) is 5.56 Å². The van der Waals surface area contributed by atoms with Crippen LogP contribution in [-0.2, 0) is 17.8 Å². The lowest BCUT2D eigenvalue weighted by Gasteiger charge is -2.18. The van der Waals surface area contributed by atoms with Crippen LogP contribution in [0.2, 0.25) is 0 Å². The highest BCUT2D eigenvalue weighted by atomic mass is 16.4. The Labute approximate surface area is 136 Å². The maximum Gasteiger partial charge on any atom is 0.335 e. The molecule has 1 N–H and O–H groups in total. The van der Waals surface area contributed by atoms with Crippen molar-refractivity contribution in [3.8, 4) is 0 Å². The summed E-state index contributed by atoms with van der Waals surface area (Å²) in [5, 5.41) is 9.17. The molecule has 0 aliphatic heterocycles. The maximum absolute atomic E-state index is 12.3. The van der Waals surface area contributed by atoms with Crippen molar-refractivity contribution in [3.63, 3.8) is 0 Å². The lowest BCUT2D eigenvalue weighted by Crippen LogP contribution is -2.26. The van der Waals surface area contributed by atoms with Gasteiger partial charge in [0.05, 0.1) is 5.56 Å². The van der Waals surface area contributed by atoms with Gasteiger partial charge in [0.1, 0.15) is 0 Å². The first-order valence-electron chi connectivity index (χ1n) is 7.58. The fraction of sp³-hybridized carbons (Fsp3) is 0.263. The van der Waals surface area contributed by atoms with Crippen LogP contribution in [0.25, 0.3) is 0 Å². The second kappa shape index (κ2) is 7.58. The Kier molecular flexibility index (Phi) is 5.52. The van der Waals surface area contributed by atoms with E-state index in [4.69, 9.17) is 5.11 Å². The standard InChI is InChI=1S/C19H21NO3/c1-14-6-5-7-15(12-14)13-20(2)18(21)11-10-16-8-3-4-9-17(16)19(22)23/h3-9,12H,10-11,13H2,1-2H3,(H,22,23). The van der Waals surface area contributed by atoms with E-state index in [0.29, 0.717) is 24.9 Å². The molecule has 2 rings (SSSR count). The monoisotopic (exact) mass is 311 g/mol. The molecule has 1 amide bonds. The first-order valence-corrected chi connectivity index (χ1v) is 7.58. The zero-order chi connectivity index (χ0) is 16.8. The van der Waals surface area contributed by atoms with Crippen LogP contribution < -0.4 is 0 Å². The SMILES string of the molecule is Cc1cccc(CN(C)C(=O)CCc2ccccc2C(=O)O)c1. The second-order valence-corrected chi connectivity index (χ2v) is 5.70. The summed E-state index contributed by atoms with van der Waals surface area (Å²) in [6, 6.07) is 14.9. The number of rotatable bonds is 6. The fourth-order valence-corrected chi connectivity index (χ4v) is 2.55. The van der Waals surface area contributed by atoms with Crippen molar-refractivity contribution in [2.45, 2.75) is 26.3 Å². The van der Waals surface area contributed by atoms with E-state index in [1.165, 1.54) is 5.56 Å². The van der Waals surface area contributed by atoms with Gasteiger partial charge in [-0.05, 0) is 30.5 Å². The van der Waals surface area contributed by atoms with Gasteiger partial charge in [0.2, 0.25) is 5.91 Å². The number of carbonyl (C=O) groups is 2. The Morgan fingerprint density at radius 1 is 1.09 bits per heavy atom. The summed E-state index contributed by atoms with van der Waals surface area (Å²) in [4.78, 5) is 25.1. The molecule has 0 aromatic heterocycles. The number of aryl methyl sites for hydroxylation is 2. The molecule has 4 nitrogen and oxygen atoms in total. The number of benzene rings is 2. The molecule has 0 bridgehead atoms. The molecule has 0 saturated heterocycles. The van der Waals surface area contributed by atoms with Crippen LogP contribution >= 0.6 is 0 Å². The average Bonchev–Trinajstić information content (AvgIpc) is 2.52. The minimum Gasteiger partial charge on any atom is -0.478 e. The van der Waals surface area contributed by atoms with Crippen LogP contribution in [0.5, 0.6) is 0 Å². The van der Waals surface area contributed by atoms with Gasteiger partial charge in [-0.15, -0.1) is 0 Å². The molecule has 0 heterocycles. The average molecular weight is 311 g/mol. The zero-order valence-electron chi connectivity index (χ0n) is 13.5. The predicted octanol–water partition coefficient (Wildman–Crippen LogP) is 3.28. The van der Waals surface area contributed by atoms with E-state index in [1.807, 2.05) is 25.1 Å². The summed E-state index contributed by atoms with van der Waals surface area (Å²) in [5.41, 5.74) is 3.21. The Morgan fingerprint density at radius 3 is 2.52 bits per heavy atom. The normalized spacial score (nSPS) is 10.3. The van der Waals surface area contributed by atoms with Crippen LogP contribution in [0, 0.1) is 6.92 Å². The largest absolute Gasteiger partial charge is 0.478 e. The molecule has 2 aromatic carbocycles. The minimum atomic E-state index is -0.957. The number of hydrogen-bond acceptors (Lipinski definition) is 2. The van der Waals surface area contributed by atoms with E-state index < -0.39 is 5.97 Å². The van der Waals surface area contributed by atoms with Crippen LogP contribution in [0.1, 0.15) is 33.5 Å².